The summed E-state index contributed by atoms with van der Waals surface area (Å²) in [6.45, 7) is 10.0. The van der Waals surface area contributed by atoms with Crippen molar-refractivity contribution in [2.75, 3.05) is 13.2 Å². The van der Waals surface area contributed by atoms with Gasteiger partial charge < -0.3 is 10.1 Å². The van der Waals surface area contributed by atoms with Crippen LogP contribution in [0.3, 0.4) is 0 Å². The Hall–Kier alpha value is -2.66. The van der Waals surface area contributed by atoms with Gasteiger partial charge in [-0.05, 0) is 50.2 Å². The molecule has 0 amide bonds. The molecule has 0 saturated heterocycles. The molecule has 0 aliphatic rings. The first-order valence-electron chi connectivity index (χ1n) is 9.59. The van der Waals surface area contributed by atoms with Gasteiger partial charge in [-0.2, -0.15) is 0 Å². The van der Waals surface area contributed by atoms with Crippen LogP contribution in [0.1, 0.15) is 39.6 Å². The number of ether oxygens (including phenoxy) is 1. The van der Waals surface area contributed by atoms with Crippen LogP contribution in [-0.4, -0.2) is 22.7 Å². The monoisotopic (exact) mass is 366 g/mol. The zero-order valence-corrected chi connectivity index (χ0v) is 16.5. The van der Waals surface area contributed by atoms with Crippen molar-refractivity contribution in [2.24, 2.45) is 5.92 Å². The molecule has 3 rings (SSSR count). The Bertz CT molecular complexity index is 961. The summed E-state index contributed by atoms with van der Waals surface area (Å²) < 4.78 is 7.27. The summed E-state index contributed by atoms with van der Waals surface area (Å²) in [4.78, 5) is 18.1. The van der Waals surface area contributed by atoms with Gasteiger partial charge in [-0.1, -0.05) is 26.0 Å². The van der Waals surface area contributed by atoms with Gasteiger partial charge in [0, 0.05) is 5.92 Å². The van der Waals surface area contributed by atoms with Crippen molar-refractivity contribution < 1.29 is 10.1 Å². The summed E-state index contributed by atoms with van der Waals surface area (Å²) in [5.41, 5.74) is 1.51. The van der Waals surface area contributed by atoms with Gasteiger partial charge in [0.05, 0.1) is 29.7 Å². The average Bonchev–Trinajstić information content (AvgIpc) is 2.67. The molecule has 2 N–H and O–H groups in total. The maximum absolute atomic E-state index is 13.3. The summed E-state index contributed by atoms with van der Waals surface area (Å²) in [5, 5.41) is 2.87. The molecule has 1 atom stereocenters. The maximum atomic E-state index is 13.3. The third-order valence-electron chi connectivity index (χ3n) is 4.58. The Labute approximate surface area is 160 Å². The molecule has 5 nitrogen and oxygen atoms in total. The van der Waals surface area contributed by atoms with Crippen molar-refractivity contribution in [2.45, 2.75) is 33.7 Å². The highest BCUT2D eigenvalue weighted by molar-refractivity contribution is 5.77. The van der Waals surface area contributed by atoms with Crippen molar-refractivity contribution >= 4 is 10.9 Å². The molecule has 0 aliphatic carbocycles. The van der Waals surface area contributed by atoms with E-state index in [0.29, 0.717) is 17.9 Å². The molecule has 0 fully saturated rings. The molecule has 27 heavy (non-hydrogen) atoms. The second-order valence-corrected chi connectivity index (χ2v) is 7.21. The van der Waals surface area contributed by atoms with Gasteiger partial charge in [0.15, 0.2) is 5.82 Å². The Morgan fingerprint density at radius 2 is 1.78 bits per heavy atom. The molecule has 1 aromatic heterocycles. The molecule has 142 valence electrons. The summed E-state index contributed by atoms with van der Waals surface area (Å²) in [6, 6.07) is 15.2. The zero-order chi connectivity index (χ0) is 19.4. The van der Waals surface area contributed by atoms with E-state index in [2.05, 4.69) is 26.1 Å². The van der Waals surface area contributed by atoms with Crippen LogP contribution in [0.5, 0.6) is 5.75 Å². The normalized spacial score (nSPS) is 12.5. The van der Waals surface area contributed by atoms with Crippen LogP contribution in [0.25, 0.3) is 16.6 Å². The number of rotatable bonds is 7. The highest BCUT2D eigenvalue weighted by Gasteiger charge is 2.20. The predicted octanol–water partition coefficient (Wildman–Crippen LogP) is 3.06. The lowest BCUT2D eigenvalue weighted by molar-refractivity contribution is -0.698. The van der Waals surface area contributed by atoms with E-state index < -0.39 is 0 Å². The molecule has 0 spiro atoms. The van der Waals surface area contributed by atoms with E-state index in [1.807, 2.05) is 55.5 Å². The average molecular weight is 366 g/mol. The molecular formula is C22H28N3O2+. The first-order valence-corrected chi connectivity index (χ1v) is 9.59. The molecule has 0 aliphatic heterocycles. The SMILES string of the molecule is CCOc1ccc(-n2c([C@@H](C)[NH2+]CC(C)C)nc3ccccc3c2=O)cc1. The minimum Gasteiger partial charge on any atom is -0.494 e. The van der Waals surface area contributed by atoms with Gasteiger partial charge in [0.1, 0.15) is 11.8 Å². The van der Waals surface area contributed by atoms with Crippen LogP contribution in [-0.2, 0) is 0 Å². The number of quaternary nitrogens is 1. The van der Waals surface area contributed by atoms with Crippen LogP contribution < -0.4 is 15.6 Å². The van der Waals surface area contributed by atoms with Gasteiger partial charge in [0.25, 0.3) is 5.56 Å². The van der Waals surface area contributed by atoms with E-state index in [9.17, 15) is 4.79 Å². The molecular weight excluding hydrogens is 338 g/mol. The van der Waals surface area contributed by atoms with E-state index >= 15 is 0 Å². The second kappa shape index (κ2) is 8.35. The van der Waals surface area contributed by atoms with E-state index in [1.54, 1.807) is 4.57 Å². The highest BCUT2D eigenvalue weighted by Crippen LogP contribution is 2.19. The fraction of sp³-hybridized carbons (Fsp3) is 0.364. The van der Waals surface area contributed by atoms with Crippen molar-refractivity contribution in [3.8, 4) is 11.4 Å². The van der Waals surface area contributed by atoms with Crippen molar-refractivity contribution in [1.29, 1.82) is 0 Å². The van der Waals surface area contributed by atoms with Crippen LogP contribution in [0.2, 0.25) is 0 Å². The molecule has 1 heterocycles. The standard InChI is InChI=1S/C22H27N3O2/c1-5-27-18-12-10-17(11-13-18)25-21(16(4)23-14-15(2)3)24-20-9-7-6-8-19(20)22(25)26/h6-13,15-16,23H,5,14H2,1-4H3/p+1/t16-/m1/s1. The molecule has 0 saturated carbocycles. The quantitative estimate of drug-likeness (QED) is 0.699. The lowest BCUT2D eigenvalue weighted by atomic mass is 10.1. The lowest BCUT2D eigenvalue weighted by Crippen LogP contribution is -2.86. The summed E-state index contributed by atoms with van der Waals surface area (Å²) in [5.74, 6) is 2.13. The molecule has 0 radical (unpaired) electrons. The predicted molar refractivity (Wildman–Crippen MR) is 109 cm³/mol. The molecule has 0 unspecified atom stereocenters. The third-order valence-corrected chi connectivity index (χ3v) is 4.58. The molecule has 0 bridgehead atoms. The van der Waals surface area contributed by atoms with Gasteiger partial charge in [-0.3, -0.25) is 9.36 Å². The highest BCUT2D eigenvalue weighted by atomic mass is 16.5. The fourth-order valence-corrected chi connectivity index (χ4v) is 3.14. The number of hydrogen-bond donors (Lipinski definition) is 1. The minimum atomic E-state index is -0.0374. The lowest BCUT2D eigenvalue weighted by Gasteiger charge is -2.18. The van der Waals surface area contributed by atoms with Crippen LogP contribution >= 0.6 is 0 Å². The molecule has 5 heteroatoms. The topological polar surface area (TPSA) is 60.7 Å². The van der Waals surface area contributed by atoms with Crippen LogP contribution in [0, 0.1) is 5.92 Å². The Balaban J connectivity index is 2.14. The summed E-state index contributed by atoms with van der Waals surface area (Å²) in [7, 11) is 0. The van der Waals surface area contributed by atoms with E-state index in [-0.39, 0.29) is 11.6 Å². The van der Waals surface area contributed by atoms with E-state index in [1.165, 1.54) is 0 Å². The van der Waals surface area contributed by atoms with E-state index in [4.69, 9.17) is 9.72 Å². The Kier molecular flexibility index (Phi) is 5.91. The Morgan fingerprint density at radius 3 is 2.44 bits per heavy atom. The number of para-hydroxylation sites is 1. The van der Waals surface area contributed by atoms with Crippen LogP contribution in [0.4, 0.5) is 0 Å². The van der Waals surface area contributed by atoms with Crippen LogP contribution in [0.15, 0.2) is 53.3 Å². The number of fused-ring (bicyclic) bond motifs is 1. The largest absolute Gasteiger partial charge is 0.494 e. The first kappa shape index (κ1) is 19.1. The molecule has 2 aromatic carbocycles. The fourth-order valence-electron chi connectivity index (χ4n) is 3.14. The third kappa shape index (κ3) is 4.19. The number of nitrogens with zero attached hydrogens (tertiary/aromatic N) is 2. The van der Waals surface area contributed by atoms with Gasteiger partial charge in [0.2, 0.25) is 0 Å². The van der Waals surface area contributed by atoms with E-state index in [0.717, 1.165) is 29.3 Å². The van der Waals surface area contributed by atoms with Crippen molar-refractivity contribution in [1.82, 2.24) is 9.55 Å². The van der Waals surface area contributed by atoms with Gasteiger partial charge >= 0.3 is 0 Å². The van der Waals surface area contributed by atoms with Crippen molar-refractivity contribution in [3.05, 3.63) is 64.7 Å². The minimum absolute atomic E-state index is 0.0374. The maximum Gasteiger partial charge on any atom is 0.266 e. The number of benzene rings is 2. The zero-order valence-electron chi connectivity index (χ0n) is 16.5. The Morgan fingerprint density at radius 1 is 1.07 bits per heavy atom. The number of aromatic nitrogens is 2. The number of nitrogens with two attached hydrogens (primary N) is 1. The smallest absolute Gasteiger partial charge is 0.266 e. The van der Waals surface area contributed by atoms with Gasteiger partial charge in [-0.15, -0.1) is 0 Å². The number of hydrogen-bond acceptors (Lipinski definition) is 3. The van der Waals surface area contributed by atoms with Crippen molar-refractivity contribution in [3.63, 3.8) is 0 Å². The second-order valence-electron chi connectivity index (χ2n) is 7.21. The molecule has 3 aromatic rings. The van der Waals surface area contributed by atoms with Gasteiger partial charge in [-0.25, -0.2) is 4.98 Å². The summed E-state index contributed by atoms with van der Waals surface area (Å²) >= 11 is 0. The first-order chi connectivity index (χ1) is 13.0. The summed E-state index contributed by atoms with van der Waals surface area (Å²) in [6.07, 6.45) is 0.